The summed E-state index contributed by atoms with van der Waals surface area (Å²) in [7, 11) is 2.26. The quantitative estimate of drug-likeness (QED) is 0.705. The summed E-state index contributed by atoms with van der Waals surface area (Å²) < 4.78 is 0. The fraction of sp³-hybridized carbons (Fsp3) is 0.409. The molecule has 138 valence electrons. The highest BCUT2D eigenvalue weighted by molar-refractivity contribution is 5.95. The number of carbonyl (C=O) groups is 1. The van der Waals surface area contributed by atoms with Crippen LogP contribution in [0.4, 0.5) is 0 Å². The predicted octanol–water partition coefficient (Wildman–Crippen LogP) is 0.188. The molecule has 0 aliphatic carbocycles. The lowest BCUT2D eigenvalue weighted by Crippen LogP contribution is -3.27. The molecule has 2 aromatic carbocycles. The normalized spacial score (nSPS) is 21.2. The first-order valence-electron chi connectivity index (χ1n) is 9.61. The average molecular weight is 354 g/mol. The molecule has 1 aliphatic heterocycles. The molecular formula is C22H31N3O+2. The molecule has 4 nitrogen and oxygen atoms in total. The Morgan fingerprint density at radius 1 is 1.00 bits per heavy atom. The minimum absolute atomic E-state index is 0.0272. The smallest absolute Gasteiger partial charge is 0.251 e. The number of piperazine rings is 1. The molecule has 0 aromatic heterocycles. The summed E-state index contributed by atoms with van der Waals surface area (Å²) in [5.41, 5.74) is 4.38. The van der Waals surface area contributed by atoms with Gasteiger partial charge in [0.2, 0.25) is 0 Å². The van der Waals surface area contributed by atoms with Gasteiger partial charge in [-0.15, -0.1) is 0 Å². The van der Waals surface area contributed by atoms with Crippen molar-refractivity contribution in [2.45, 2.75) is 19.9 Å². The predicted molar refractivity (Wildman–Crippen MR) is 105 cm³/mol. The van der Waals surface area contributed by atoms with Gasteiger partial charge in [0.15, 0.2) is 0 Å². The van der Waals surface area contributed by atoms with Gasteiger partial charge >= 0.3 is 0 Å². The van der Waals surface area contributed by atoms with Crippen LogP contribution in [0.1, 0.15) is 33.1 Å². The molecule has 2 aromatic rings. The van der Waals surface area contributed by atoms with Crippen LogP contribution in [0.3, 0.4) is 0 Å². The highest BCUT2D eigenvalue weighted by Crippen LogP contribution is 2.12. The van der Waals surface area contributed by atoms with Crippen molar-refractivity contribution < 1.29 is 14.6 Å². The number of nitrogens with one attached hydrogen (secondary N) is 3. The van der Waals surface area contributed by atoms with E-state index >= 15 is 0 Å². The molecule has 26 heavy (non-hydrogen) atoms. The standard InChI is InChI=1S/C22H29N3O/c1-17-8-10-19(11-9-17)21(25-14-12-24(3)13-15-25)16-23-22(26)20-7-5-4-6-18(20)2/h4-11,21H,12-16H2,1-3H3,(H,23,26)/p+2/t21-/m1/s1. The summed E-state index contributed by atoms with van der Waals surface area (Å²) in [6, 6.07) is 16.9. The number of quaternary nitrogens is 2. The van der Waals surface area contributed by atoms with Crippen molar-refractivity contribution in [1.29, 1.82) is 0 Å². The Kier molecular flexibility index (Phi) is 6.07. The van der Waals surface area contributed by atoms with Crippen LogP contribution in [0, 0.1) is 13.8 Å². The maximum Gasteiger partial charge on any atom is 0.251 e. The number of benzene rings is 2. The van der Waals surface area contributed by atoms with Gasteiger partial charge in [0.1, 0.15) is 32.2 Å². The zero-order valence-electron chi connectivity index (χ0n) is 16.1. The molecule has 0 unspecified atom stereocenters. The van der Waals surface area contributed by atoms with Crippen molar-refractivity contribution in [2.75, 3.05) is 39.8 Å². The van der Waals surface area contributed by atoms with E-state index in [9.17, 15) is 4.79 Å². The van der Waals surface area contributed by atoms with Crippen molar-refractivity contribution in [1.82, 2.24) is 5.32 Å². The van der Waals surface area contributed by atoms with Gasteiger partial charge in [0.25, 0.3) is 5.91 Å². The second kappa shape index (κ2) is 8.47. The zero-order chi connectivity index (χ0) is 18.5. The van der Waals surface area contributed by atoms with Crippen LogP contribution < -0.4 is 15.1 Å². The van der Waals surface area contributed by atoms with Crippen LogP contribution in [0.15, 0.2) is 48.5 Å². The van der Waals surface area contributed by atoms with E-state index in [0.29, 0.717) is 12.6 Å². The molecule has 1 atom stereocenters. The van der Waals surface area contributed by atoms with Crippen LogP contribution in [-0.4, -0.2) is 45.7 Å². The van der Waals surface area contributed by atoms with Gasteiger partial charge in [-0.05, 0) is 25.5 Å². The number of rotatable bonds is 5. The molecule has 3 rings (SSSR count). The lowest BCUT2D eigenvalue weighted by Gasteiger charge is -2.33. The number of aryl methyl sites for hydroxylation is 2. The van der Waals surface area contributed by atoms with Crippen LogP contribution in [0.2, 0.25) is 0 Å². The third-order valence-corrected chi connectivity index (χ3v) is 5.57. The summed E-state index contributed by atoms with van der Waals surface area (Å²) in [5.74, 6) is 0.0272. The Labute approximate surface area is 156 Å². The highest BCUT2D eigenvalue weighted by Gasteiger charge is 2.29. The molecule has 0 spiro atoms. The maximum absolute atomic E-state index is 12.7. The summed E-state index contributed by atoms with van der Waals surface area (Å²) in [4.78, 5) is 15.8. The molecule has 1 aliphatic rings. The summed E-state index contributed by atoms with van der Waals surface area (Å²) in [5, 5.41) is 3.19. The van der Waals surface area contributed by atoms with Crippen molar-refractivity contribution >= 4 is 5.91 Å². The van der Waals surface area contributed by atoms with Gasteiger partial charge in [-0.1, -0.05) is 48.0 Å². The van der Waals surface area contributed by atoms with Gasteiger partial charge < -0.3 is 15.1 Å². The minimum Gasteiger partial charge on any atom is -0.346 e. The van der Waals surface area contributed by atoms with Crippen LogP contribution in [0.25, 0.3) is 0 Å². The van der Waals surface area contributed by atoms with Gasteiger partial charge in [0.05, 0.1) is 13.6 Å². The first-order valence-corrected chi connectivity index (χ1v) is 9.61. The van der Waals surface area contributed by atoms with E-state index in [2.05, 4.69) is 43.6 Å². The van der Waals surface area contributed by atoms with Gasteiger partial charge in [-0.2, -0.15) is 0 Å². The molecule has 1 saturated heterocycles. The van der Waals surface area contributed by atoms with Crippen LogP contribution in [0.5, 0.6) is 0 Å². The second-order valence-electron chi connectivity index (χ2n) is 7.60. The first-order chi connectivity index (χ1) is 12.5. The molecule has 0 bridgehead atoms. The number of amides is 1. The minimum atomic E-state index is 0.0272. The van der Waals surface area contributed by atoms with E-state index in [1.165, 1.54) is 24.2 Å². The number of hydrogen-bond acceptors (Lipinski definition) is 1. The monoisotopic (exact) mass is 353 g/mol. The van der Waals surface area contributed by atoms with Gasteiger partial charge in [0, 0.05) is 11.1 Å². The summed E-state index contributed by atoms with van der Waals surface area (Å²) in [6.07, 6.45) is 0. The van der Waals surface area contributed by atoms with Crippen molar-refractivity contribution in [2.24, 2.45) is 0 Å². The van der Waals surface area contributed by atoms with E-state index in [1.807, 2.05) is 31.2 Å². The number of carbonyl (C=O) groups excluding carboxylic acids is 1. The molecule has 4 heteroatoms. The summed E-state index contributed by atoms with van der Waals surface area (Å²) in [6.45, 7) is 9.43. The van der Waals surface area contributed by atoms with Crippen molar-refractivity contribution in [3.05, 3.63) is 70.8 Å². The van der Waals surface area contributed by atoms with Gasteiger partial charge in [-0.25, -0.2) is 0 Å². The van der Waals surface area contributed by atoms with Gasteiger partial charge in [-0.3, -0.25) is 4.79 Å². The Morgan fingerprint density at radius 3 is 2.31 bits per heavy atom. The van der Waals surface area contributed by atoms with Crippen LogP contribution in [-0.2, 0) is 0 Å². The van der Waals surface area contributed by atoms with E-state index < -0.39 is 0 Å². The topological polar surface area (TPSA) is 38.0 Å². The Morgan fingerprint density at radius 2 is 1.65 bits per heavy atom. The second-order valence-corrected chi connectivity index (χ2v) is 7.60. The Hall–Kier alpha value is -2.17. The molecule has 1 heterocycles. The van der Waals surface area contributed by atoms with E-state index in [1.54, 1.807) is 9.80 Å². The van der Waals surface area contributed by atoms with E-state index in [-0.39, 0.29) is 5.91 Å². The SMILES string of the molecule is Cc1ccc([C@@H](CNC(=O)c2ccccc2C)[NH+]2CC[NH+](C)CC2)cc1. The van der Waals surface area contributed by atoms with Crippen LogP contribution >= 0.6 is 0 Å². The summed E-state index contributed by atoms with van der Waals surface area (Å²) >= 11 is 0. The maximum atomic E-state index is 12.7. The molecular weight excluding hydrogens is 322 g/mol. The zero-order valence-corrected chi connectivity index (χ0v) is 16.1. The van der Waals surface area contributed by atoms with E-state index in [0.717, 1.165) is 24.2 Å². The molecule has 0 saturated carbocycles. The third kappa shape index (κ3) is 4.51. The first kappa shape index (κ1) is 18.6. The van der Waals surface area contributed by atoms with Crippen molar-refractivity contribution in [3.63, 3.8) is 0 Å². The lowest BCUT2D eigenvalue weighted by atomic mass is 10.0. The largest absolute Gasteiger partial charge is 0.346 e. The molecule has 1 amide bonds. The molecule has 0 radical (unpaired) electrons. The molecule has 3 N–H and O–H groups in total. The fourth-order valence-corrected chi connectivity index (χ4v) is 3.76. The fourth-order valence-electron chi connectivity index (χ4n) is 3.76. The third-order valence-electron chi connectivity index (χ3n) is 5.57. The highest BCUT2D eigenvalue weighted by atomic mass is 16.1. The number of hydrogen-bond donors (Lipinski definition) is 3. The number of likely N-dealkylation sites (N-methyl/N-ethyl adjacent to an activating group) is 1. The Bertz CT molecular complexity index is 733. The average Bonchev–Trinajstić information content (AvgIpc) is 2.65. The Balaban J connectivity index is 1.74. The van der Waals surface area contributed by atoms with Crippen molar-refractivity contribution in [3.8, 4) is 0 Å². The van der Waals surface area contributed by atoms with E-state index in [4.69, 9.17) is 0 Å². The molecule has 1 fully saturated rings. The lowest BCUT2D eigenvalue weighted by molar-refractivity contribution is -1.02.